The zero-order chi connectivity index (χ0) is 27.8. The molecule has 8 nitrogen and oxygen atoms in total. The van der Waals surface area contributed by atoms with Gasteiger partial charge in [-0.1, -0.05) is 48.0 Å². The van der Waals surface area contributed by atoms with Crippen molar-refractivity contribution in [3.05, 3.63) is 96.0 Å². The van der Waals surface area contributed by atoms with Crippen LogP contribution in [-0.4, -0.2) is 28.7 Å². The van der Waals surface area contributed by atoms with Crippen LogP contribution in [0, 0.1) is 29.1 Å². The summed E-state index contributed by atoms with van der Waals surface area (Å²) in [6, 6.07) is 21.2. The number of benzene rings is 2. The molecule has 0 bridgehead atoms. The van der Waals surface area contributed by atoms with Crippen LogP contribution in [0.25, 0.3) is 0 Å². The van der Waals surface area contributed by atoms with E-state index in [1.807, 2.05) is 25.1 Å². The number of aliphatic hydroxyl groups is 1. The summed E-state index contributed by atoms with van der Waals surface area (Å²) in [5.74, 6) is -3.25. The third-order valence-electron chi connectivity index (χ3n) is 9.43. The molecule has 3 aromatic rings. The predicted molar refractivity (Wildman–Crippen MR) is 145 cm³/mol. The van der Waals surface area contributed by atoms with Crippen LogP contribution in [0.4, 0.5) is 11.4 Å². The number of carbonyl (C=O) groups is 4. The minimum absolute atomic E-state index is 0.235. The fraction of sp³-hybridized carbons (Fsp3) is 0.312. The number of allylic oxidation sites excluding steroid dienone is 2. The molecule has 1 saturated carbocycles. The van der Waals surface area contributed by atoms with Gasteiger partial charge in [0, 0.05) is 0 Å². The van der Waals surface area contributed by atoms with Gasteiger partial charge in [-0.3, -0.25) is 24.1 Å². The summed E-state index contributed by atoms with van der Waals surface area (Å²) in [4.78, 5) is 58.4. The normalized spacial score (nSPS) is 31.2. The molecule has 0 spiro atoms. The highest BCUT2D eigenvalue weighted by atomic mass is 16.4. The van der Waals surface area contributed by atoms with Gasteiger partial charge >= 0.3 is 0 Å². The Balaban J connectivity index is 1.36. The lowest BCUT2D eigenvalue weighted by atomic mass is 9.52. The summed E-state index contributed by atoms with van der Waals surface area (Å²) >= 11 is 0. The Morgan fingerprint density at radius 1 is 0.825 bits per heavy atom. The van der Waals surface area contributed by atoms with Crippen molar-refractivity contribution in [1.29, 1.82) is 0 Å². The van der Waals surface area contributed by atoms with Gasteiger partial charge in [-0.25, -0.2) is 4.90 Å². The van der Waals surface area contributed by atoms with Gasteiger partial charge in [-0.05, 0) is 62.1 Å². The van der Waals surface area contributed by atoms with Crippen molar-refractivity contribution in [2.24, 2.45) is 29.1 Å². The Morgan fingerprint density at radius 3 is 2.10 bits per heavy atom. The molecule has 2 saturated heterocycles. The van der Waals surface area contributed by atoms with Crippen molar-refractivity contribution in [1.82, 2.24) is 0 Å². The van der Waals surface area contributed by atoms with Gasteiger partial charge in [0.25, 0.3) is 0 Å². The third kappa shape index (κ3) is 3.23. The monoisotopic (exact) mass is 536 g/mol. The average Bonchev–Trinajstić information content (AvgIpc) is 3.60. The number of amides is 4. The first kappa shape index (κ1) is 24.7. The standard InChI is InChI=1S/C32H28N2O6/c1-32-24(29(37)34(31(32)39)19-10-6-3-7-11-19)16-23-21(27(32)25-15-12-20(17-35)40-25)13-14-22-26(23)30(38)33(28(22)36)18-8-4-2-5-9-18/h2-13,15,22-24,26-27,35H,14,16-17H2,1H3/t22-,23+,24-,26-,27+,32+/m0/s1. The first-order valence-electron chi connectivity index (χ1n) is 13.6. The second-order valence-corrected chi connectivity index (χ2v) is 11.3. The zero-order valence-electron chi connectivity index (χ0n) is 21.9. The topological polar surface area (TPSA) is 108 Å². The first-order chi connectivity index (χ1) is 19.4. The highest BCUT2D eigenvalue weighted by Gasteiger charge is 2.68. The summed E-state index contributed by atoms with van der Waals surface area (Å²) in [5.41, 5.74) is 0.717. The van der Waals surface area contributed by atoms with E-state index in [9.17, 15) is 24.3 Å². The summed E-state index contributed by atoms with van der Waals surface area (Å²) < 4.78 is 6.03. The smallest absolute Gasteiger partial charge is 0.241 e. The maximum absolute atomic E-state index is 14.2. The average molecular weight is 537 g/mol. The molecule has 0 unspecified atom stereocenters. The van der Waals surface area contributed by atoms with Gasteiger partial charge in [0.1, 0.15) is 18.1 Å². The number of anilines is 2. The molecule has 4 aliphatic rings. The lowest BCUT2D eigenvalue weighted by Crippen LogP contribution is -2.48. The van der Waals surface area contributed by atoms with E-state index >= 15 is 0 Å². The van der Waals surface area contributed by atoms with Gasteiger partial charge in [0.15, 0.2) is 0 Å². The van der Waals surface area contributed by atoms with Crippen molar-refractivity contribution in [2.75, 3.05) is 9.80 Å². The Kier molecular flexibility index (Phi) is 5.47. The van der Waals surface area contributed by atoms with E-state index in [2.05, 4.69) is 0 Å². The first-order valence-corrected chi connectivity index (χ1v) is 13.6. The molecule has 4 amide bonds. The van der Waals surface area contributed by atoms with Crippen LogP contribution < -0.4 is 9.80 Å². The van der Waals surface area contributed by atoms with Gasteiger partial charge < -0.3 is 9.52 Å². The Labute approximate surface area is 230 Å². The molecule has 0 radical (unpaired) electrons. The molecule has 40 heavy (non-hydrogen) atoms. The molecule has 2 aliphatic heterocycles. The number of rotatable bonds is 4. The number of imide groups is 2. The van der Waals surface area contributed by atoms with E-state index in [1.165, 1.54) is 9.80 Å². The van der Waals surface area contributed by atoms with Crippen molar-refractivity contribution in [3.8, 4) is 0 Å². The Hall–Kier alpha value is -4.30. The van der Waals surface area contributed by atoms with Gasteiger partial charge in [0.2, 0.25) is 23.6 Å². The number of aliphatic hydroxyl groups excluding tert-OH is 1. The maximum atomic E-state index is 14.2. The fourth-order valence-corrected chi connectivity index (χ4v) is 7.61. The van der Waals surface area contributed by atoms with Crippen LogP contribution >= 0.6 is 0 Å². The number of hydrogen-bond donors (Lipinski definition) is 1. The van der Waals surface area contributed by atoms with Crippen LogP contribution in [0.1, 0.15) is 37.2 Å². The summed E-state index contributed by atoms with van der Waals surface area (Å²) in [6.45, 7) is 1.51. The van der Waals surface area contributed by atoms with Crippen LogP contribution in [-0.2, 0) is 25.8 Å². The molecule has 2 aliphatic carbocycles. The highest BCUT2D eigenvalue weighted by molar-refractivity contribution is 6.25. The molecule has 8 heteroatoms. The third-order valence-corrected chi connectivity index (χ3v) is 9.43. The van der Waals surface area contributed by atoms with E-state index in [0.717, 1.165) is 5.57 Å². The summed E-state index contributed by atoms with van der Waals surface area (Å²) in [6.07, 6.45) is 2.63. The molecular formula is C32H28N2O6. The van der Waals surface area contributed by atoms with Crippen molar-refractivity contribution < 1.29 is 28.7 Å². The number of nitrogens with zero attached hydrogens (tertiary/aromatic N) is 2. The van der Waals surface area contributed by atoms with E-state index in [-0.39, 0.29) is 36.7 Å². The van der Waals surface area contributed by atoms with Crippen LogP contribution in [0.2, 0.25) is 0 Å². The molecule has 1 aromatic heterocycles. The van der Waals surface area contributed by atoms with Crippen LogP contribution in [0.5, 0.6) is 0 Å². The van der Waals surface area contributed by atoms with E-state index in [1.54, 1.807) is 60.7 Å². The lowest BCUT2D eigenvalue weighted by Gasteiger charge is -2.48. The molecule has 3 fully saturated rings. The van der Waals surface area contributed by atoms with E-state index in [4.69, 9.17) is 4.42 Å². The fourth-order valence-electron chi connectivity index (χ4n) is 7.61. The number of fused-ring (bicyclic) bond motifs is 4. The number of furan rings is 1. The number of hydrogen-bond acceptors (Lipinski definition) is 6. The van der Waals surface area contributed by atoms with Crippen molar-refractivity contribution in [3.63, 3.8) is 0 Å². The van der Waals surface area contributed by atoms with Gasteiger partial charge in [0.05, 0.1) is 40.5 Å². The molecule has 6 atom stereocenters. The quantitative estimate of drug-likeness (QED) is 0.395. The Bertz CT molecular complexity index is 1580. The van der Waals surface area contributed by atoms with Gasteiger partial charge in [-0.2, -0.15) is 0 Å². The van der Waals surface area contributed by atoms with Gasteiger partial charge in [-0.15, -0.1) is 0 Å². The van der Waals surface area contributed by atoms with Crippen molar-refractivity contribution in [2.45, 2.75) is 32.3 Å². The number of carbonyl (C=O) groups excluding carboxylic acids is 4. The molecule has 7 rings (SSSR count). The summed E-state index contributed by atoms with van der Waals surface area (Å²) in [7, 11) is 0. The van der Waals surface area contributed by atoms with Crippen molar-refractivity contribution >= 4 is 35.0 Å². The minimum atomic E-state index is -1.17. The summed E-state index contributed by atoms with van der Waals surface area (Å²) in [5, 5.41) is 9.72. The van der Waals surface area contributed by atoms with Crippen LogP contribution in [0.15, 0.2) is 88.9 Å². The molecule has 1 N–H and O–H groups in total. The SMILES string of the molecule is C[C@@]12C(=O)N(c3ccccc3)C(=O)[C@@H]1C[C@@H]1C(=CC[C@@H]3C(=O)N(c4ccccc4)C(=O)[C@@H]31)[C@@H]2c1ccc(CO)o1. The maximum Gasteiger partial charge on any atom is 0.241 e. The molecule has 2 aromatic carbocycles. The zero-order valence-corrected chi connectivity index (χ0v) is 21.9. The molecule has 202 valence electrons. The second kappa shape index (κ2) is 8.86. The largest absolute Gasteiger partial charge is 0.463 e. The highest BCUT2D eigenvalue weighted by Crippen LogP contribution is 2.63. The van der Waals surface area contributed by atoms with Crippen LogP contribution in [0.3, 0.4) is 0 Å². The van der Waals surface area contributed by atoms with E-state index in [0.29, 0.717) is 29.3 Å². The molecule has 3 heterocycles. The van der Waals surface area contributed by atoms with E-state index < -0.39 is 35.0 Å². The Morgan fingerprint density at radius 2 is 1.48 bits per heavy atom. The number of para-hydroxylation sites is 2. The predicted octanol–water partition coefficient (Wildman–Crippen LogP) is 4.21. The minimum Gasteiger partial charge on any atom is -0.463 e. The second-order valence-electron chi connectivity index (χ2n) is 11.3. The molecular weight excluding hydrogens is 508 g/mol. The lowest BCUT2D eigenvalue weighted by molar-refractivity contribution is -0.131.